The van der Waals surface area contributed by atoms with Gasteiger partial charge in [0.2, 0.25) is 0 Å². The van der Waals surface area contributed by atoms with E-state index >= 15 is 0 Å². The van der Waals surface area contributed by atoms with Crippen LogP contribution in [0.15, 0.2) is 63.8 Å². The molecule has 0 atom stereocenters. The molecule has 0 N–H and O–H groups in total. The topological polar surface area (TPSA) is 30.2 Å². The predicted molar refractivity (Wildman–Crippen MR) is 77.8 cm³/mol. The van der Waals surface area contributed by atoms with Gasteiger partial charge < -0.3 is 4.42 Å². The molecule has 0 amide bonds. The van der Waals surface area contributed by atoms with Crippen molar-refractivity contribution in [3.8, 4) is 0 Å². The van der Waals surface area contributed by atoms with Crippen molar-refractivity contribution < 1.29 is 8.81 Å². The highest BCUT2D eigenvalue weighted by Gasteiger charge is 2.01. The van der Waals surface area contributed by atoms with Crippen LogP contribution in [0.3, 0.4) is 0 Å². The smallest absolute Gasteiger partial charge is 0.336 e. The molecule has 0 fully saturated rings. The Kier molecular flexibility index (Phi) is 3.17. The highest BCUT2D eigenvalue weighted by Crippen LogP contribution is 2.18. The molecule has 0 aliphatic carbocycles. The number of rotatable bonds is 2. The van der Waals surface area contributed by atoms with Crippen LogP contribution < -0.4 is 5.63 Å². The molecule has 1 heterocycles. The lowest BCUT2D eigenvalue weighted by atomic mass is 10.1. The van der Waals surface area contributed by atoms with Crippen molar-refractivity contribution in [3.63, 3.8) is 0 Å². The van der Waals surface area contributed by atoms with Crippen molar-refractivity contribution in [2.75, 3.05) is 0 Å². The molecule has 0 spiro atoms. The first-order valence-electron chi connectivity index (χ1n) is 6.19. The minimum absolute atomic E-state index is 0.270. The standard InChI is InChI=1S/C17H11FO2/c18-14-9-6-12(7-10-14)5-8-13-11-17(19)20-16-4-2-1-3-15(13)16/h1-11H/b8-5+. The average molecular weight is 266 g/mol. The summed E-state index contributed by atoms with van der Waals surface area (Å²) >= 11 is 0. The van der Waals surface area contributed by atoms with Crippen LogP contribution in [0, 0.1) is 5.82 Å². The van der Waals surface area contributed by atoms with E-state index < -0.39 is 0 Å². The Bertz CT molecular complexity index is 829. The molecular formula is C17H11FO2. The molecule has 1 aromatic heterocycles. The van der Waals surface area contributed by atoms with Crippen molar-refractivity contribution in [1.29, 1.82) is 0 Å². The van der Waals surface area contributed by atoms with Gasteiger partial charge in [0.05, 0.1) is 0 Å². The van der Waals surface area contributed by atoms with E-state index in [1.807, 2.05) is 30.4 Å². The molecule has 0 saturated heterocycles. The number of para-hydroxylation sites is 1. The number of hydrogen-bond acceptors (Lipinski definition) is 2. The highest BCUT2D eigenvalue weighted by molar-refractivity contribution is 5.89. The van der Waals surface area contributed by atoms with E-state index in [1.165, 1.54) is 18.2 Å². The Morgan fingerprint density at radius 3 is 2.50 bits per heavy atom. The van der Waals surface area contributed by atoms with Gasteiger partial charge in [0.25, 0.3) is 0 Å². The van der Waals surface area contributed by atoms with Crippen molar-refractivity contribution in [3.05, 3.63) is 82.0 Å². The van der Waals surface area contributed by atoms with Crippen molar-refractivity contribution >= 4 is 23.1 Å². The van der Waals surface area contributed by atoms with Crippen LogP contribution in [0.1, 0.15) is 11.1 Å². The SMILES string of the molecule is O=c1cc(/C=C/c2ccc(F)cc2)c2ccccc2o1. The third kappa shape index (κ3) is 2.52. The second kappa shape index (κ2) is 5.13. The number of halogens is 1. The van der Waals surface area contributed by atoms with Gasteiger partial charge >= 0.3 is 5.63 Å². The molecule has 3 aromatic rings. The van der Waals surface area contributed by atoms with Crippen LogP contribution in [-0.4, -0.2) is 0 Å². The molecular weight excluding hydrogens is 255 g/mol. The maximum atomic E-state index is 12.8. The maximum Gasteiger partial charge on any atom is 0.336 e. The van der Waals surface area contributed by atoms with E-state index in [9.17, 15) is 9.18 Å². The van der Waals surface area contributed by atoms with Gasteiger partial charge in [-0.05, 0) is 29.3 Å². The summed E-state index contributed by atoms with van der Waals surface area (Å²) in [5, 5.41) is 0.866. The summed E-state index contributed by atoms with van der Waals surface area (Å²) in [6.45, 7) is 0. The molecule has 2 nitrogen and oxygen atoms in total. The number of benzene rings is 2. The van der Waals surface area contributed by atoms with Crippen LogP contribution in [0.5, 0.6) is 0 Å². The summed E-state index contributed by atoms with van der Waals surface area (Å²) in [5.74, 6) is -0.270. The van der Waals surface area contributed by atoms with Crippen LogP contribution in [0.2, 0.25) is 0 Å². The van der Waals surface area contributed by atoms with E-state index in [4.69, 9.17) is 4.42 Å². The molecule has 3 rings (SSSR count). The predicted octanol–water partition coefficient (Wildman–Crippen LogP) is 4.10. The second-order valence-corrected chi connectivity index (χ2v) is 4.40. The zero-order valence-electron chi connectivity index (χ0n) is 10.5. The minimum atomic E-state index is -0.387. The Morgan fingerprint density at radius 1 is 0.950 bits per heavy atom. The van der Waals surface area contributed by atoms with E-state index in [-0.39, 0.29) is 11.4 Å². The second-order valence-electron chi connectivity index (χ2n) is 4.40. The monoisotopic (exact) mass is 266 g/mol. The number of hydrogen-bond donors (Lipinski definition) is 0. The molecule has 0 saturated carbocycles. The Balaban J connectivity index is 2.06. The van der Waals surface area contributed by atoms with E-state index in [0.717, 1.165) is 16.5 Å². The van der Waals surface area contributed by atoms with Crippen LogP contribution in [0.25, 0.3) is 23.1 Å². The fourth-order valence-corrected chi connectivity index (χ4v) is 2.03. The fraction of sp³-hybridized carbons (Fsp3) is 0. The first kappa shape index (κ1) is 12.4. The fourth-order valence-electron chi connectivity index (χ4n) is 2.03. The van der Waals surface area contributed by atoms with Gasteiger partial charge in [0.1, 0.15) is 11.4 Å². The molecule has 0 aliphatic heterocycles. The third-order valence-corrected chi connectivity index (χ3v) is 3.01. The van der Waals surface area contributed by atoms with Crippen molar-refractivity contribution in [2.45, 2.75) is 0 Å². The number of fused-ring (bicyclic) bond motifs is 1. The summed E-state index contributed by atoms with van der Waals surface area (Å²) in [6.07, 6.45) is 3.66. The normalized spacial score (nSPS) is 11.2. The zero-order chi connectivity index (χ0) is 13.9. The van der Waals surface area contributed by atoms with Gasteiger partial charge in [0, 0.05) is 11.5 Å². The van der Waals surface area contributed by atoms with Gasteiger partial charge in [-0.2, -0.15) is 0 Å². The minimum Gasteiger partial charge on any atom is -0.423 e. The van der Waals surface area contributed by atoms with Crippen molar-refractivity contribution in [2.24, 2.45) is 0 Å². The van der Waals surface area contributed by atoms with E-state index in [2.05, 4.69) is 0 Å². The summed E-state index contributed by atoms with van der Waals surface area (Å²) in [4.78, 5) is 11.5. The largest absolute Gasteiger partial charge is 0.423 e. The summed E-state index contributed by atoms with van der Waals surface area (Å²) in [7, 11) is 0. The first-order chi connectivity index (χ1) is 9.72. The third-order valence-electron chi connectivity index (χ3n) is 3.01. The molecule has 2 aromatic carbocycles. The van der Waals surface area contributed by atoms with Gasteiger partial charge in [-0.1, -0.05) is 42.5 Å². The molecule has 0 unspecified atom stereocenters. The highest BCUT2D eigenvalue weighted by atomic mass is 19.1. The first-order valence-corrected chi connectivity index (χ1v) is 6.19. The Hall–Kier alpha value is -2.68. The summed E-state index contributed by atoms with van der Waals surface area (Å²) in [6, 6.07) is 15.0. The lowest BCUT2D eigenvalue weighted by Crippen LogP contribution is -1.97. The van der Waals surface area contributed by atoms with E-state index in [0.29, 0.717) is 5.58 Å². The maximum absolute atomic E-state index is 12.8. The molecule has 3 heteroatoms. The molecule has 20 heavy (non-hydrogen) atoms. The Morgan fingerprint density at radius 2 is 1.70 bits per heavy atom. The summed E-state index contributed by atoms with van der Waals surface area (Å²) < 4.78 is 18.0. The molecule has 0 aliphatic rings. The lowest BCUT2D eigenvalue weighted by molar-refractivity contribution is 0.560. The van der Waals surface area contributed by atoms with Gasteiger partial charge in [0.15, 0.2) is 0 Å². The van der Waals surface area contributed by atoms with Crippen molar-refractivity contribution in [1.82, 2.24) is 0 Å². The van der Waals surface area contributed by atoms with Crippen LogP contribution in [0.4, 0.5) is 4.39 Å². The van der Waals surface area contributed by atoms with Crippen LogP contribution in [-0.2, 0) is 0 Å². The molecule has 0 bridgehead atoms. The zero-order valence-corrected chi connectivity index (χ0v) is 10.5. The van der Waals surface area contributed by atoms with Gasteiger partial charge in [-0.3, -0.25) is 0 Å². The lowest BCUT2D eigenvalue weighted by Gasteiger charge is -2.00. The van der Waals surface area contributed by atoms with Crippen LogP contribution >= 0.6 is 0 Å². The van der Waals surface area contributed by atoms with Gasteiger partial charge in [-0.25, -0.2) is 9.18 Å². The Labute approximate surface area is 114 Å². The van der Waals surface area contributed by atoms with E-state index in [1.54, 1.807) is 18.2 Å². The quantitative estimate of drug-likeness (QED) is 0.653. The molecule has 98 valence electrons. The average Bonchev–Trinajstić information content (AvgIpc) is 2.46. The summed E-state index contributed by atoms with van der Waals surface area (Å²) in [5.41, 5.74) is 1.81. The van der Waals surface area contributed by atoms with Gasteiger partial charge in [-0.15, -0.1) is 0 Å². The molecule has 0 radical (unpaired) electrons.